The number of nitrogens with zero attached hydrogens (tertiary/aromatic N) is 1. The van der Waals surface area contributed by atoms with Crippen molar-refractivity contribution >= 4 is 140 Å². The van der Waals surface area contributed by atoms with E-state index in [1.54, 1.807) is 60.7 Å². The molecule has 0 aliphatic rings. The van der Waals surface area contributed by atoms with Gasteiger partial charge in [0, 0.05) is 23.9 Å². The van der Waals surface area contributed by atoms with Gasteiger partial charge in [0.1, 0.15) is 17.2 Å². The highest BCUT2D eigenvalue weighted by molar-refractivity contribution is 9.11. The molecule has 28 heteroatoms. The number of benzene rings is 6. The van der Waals surface area contributed by atoms with E-state index in [4.69, 9.17) is 37.4 Å². The van der Waals surface area contributed by atoms with Gasteiger partial charge in [0.15, 0.2) is 0 Å². The molecule has 6 rings (SSSR count). The van der Waals surface area contributed by atoms with E-state index in [9.17, 15) is 48.5 Å². The van der Waals surface area contributed by atoms with Crippen molar-refractivity contribution in [2.45, 2.75) is 103 Å². The fraction of sp³-hybridized carbons (Fsp3) is 0.302. The summed E-state index contributed by atoms with van der Waals surface area (Å²) in [5.41, 5.74) is 2.60. The Morgan fingerprint density at radius 1 is 0.385 bits per heavy atom. The molecule has 0 aliphatic heterocycles. The van der Waals surface area contributed by atoms with Gasteiger partial charge in [-0.15, -0.1) is 23.2 Å². The number of carbonyl (C=O) groups is 8. The molecule has 0 aromatic heterocycles. The summed E-state index contributed by atoms with van der Waals surface area (Å²) in [5.74, 6) is -3.58. The Labute approximate surface area is 568 Å². The molecule has 0 saturated carbocycles. The van der Waals surface area contributed by atoms with Gasteiger partial charge in [-0.05, 0) is 173 Å². The number of halogens is 6. The van der Waals surface area contributed by atoms with Crippen LogP contribution in [-0.4, -0.2) is 74.0 Å². The predicted molar refractivity (Wildman–Crippen MR) is 346 cm³/mol. The molecule has 488 valence electrons. The van der Waals surface area contributed by atoms with Crippen LogP contribution in [0.25, 0.3) is 0 Å². The monoisotopic (exact) mass is 1560 g/mol. The maximum Gasteiger partial charge on any atom is 0.386 e. The molecule has 22 nitrogen and oxygen atoms in total. The van der Waals surface area contributed by atoms with Crippen molar-refractivity contribution in [3.8, 4) is 17.2 Å². The molecule has 0 fully saturated rings. The average molecular weight is 1560 g/mol. The summed E-state index contributed by atoms with van der Waals surface area (Å²) in [6.45, 7) is 4.30. The van der Waals surface area contributed by atoms with Crippen molar-refractivity contribution in [3.05, 3.63) is 194 Å². The molecule has 0 saturated heterocycles. The van der Waals surface area contributed by atoms with Crippen LogP contribution >= 0.6 is 86.9 Å². The second kappa shape index (κ2) is 43.2. The summed E-state index contributed by atoms with van der Waals surface area (Å²) in [6, 6.07) is 29.6. The van der Waals surface area contributed by atoms with Crippen molar-refractivity contribution in [2.75, 3.05) is 21.3 Å². The van der Waals surface area contributed by atoms with E-state index < -0.39 is 52.7 Å². The van der Waals surface area contributed by atoms with Crippen LogP contribution < -0.4 is 14.2 Å². The number of nitro groups is 1. The fourth-order valence-corrected chi connectivity index (χ4v) is 10.5. The molecule has 91 heavy (non-hydrogen) atoms. The number of hydrogen-bond acceptors (Lipinski definition) is 21. The Kier molecular flexibility index (Phi) is 36.8. The molecule has 0 bridgehead atoms. The summed E-state index contributed by atoms with van der Waals surface area (Å²) in [6.07, 6.45) is 11.3. The number of ether oxygens (including phenoxy) is 3. The molecule has 6 aromatic carbocycles. The standard InChI is InChI=1S/C16H10Br4O6.C16H12Cl2O4.C16H30O4.C15H11NO7/c1-23-13-9(17)3-7(4-10(13)18)15(21)25-26-16(22)8-5-11(19)14(24-2)12(20)6-8;17-9-11-1-5-13(6-2-11)15(19)21-22-16(20)14-7-3-12(10-18)4-8-14;1-3-5-7-9-11-13-15(17)19-20-16(18)14-12-10-8-6-4-2;1-21-13-8-4-11(5-9-13)15(18)23-22-14(17)10-2-6-12(7-3-10)16(19)20/h3-6H,1-2H3;1-8H,9-10H2;3-14H2,1-2H3;2-9H,1H3. The van der Waals surface area contributed by atoms with Gasteiger partial charge in [0.2, 0.25) is 0 Å². The van der Waals surface area contributed by atoms with Crippen LogP contribution in [0.2, 0.25) is 0 Å². The average Bonchev–Trinajstić information content (AvgIpc) is 1.87. The summed E-state index contributed by atoms with van der Waals surface area (Å²) in [7, 11) is 4.48. The van der Waals surface area contributed by atoms with Crippen LogP contribution in [0, 0.1) is 10.1 Å². The van der Waals surface area contributed by atoms with Gasteiger partial charge in [-0.1, -0.05) is 89.5 Å². The van der Waals surface area contributed by atoms with Crippen LogP contribution in [-0.2, 0) is 60.4 Å². The third kappa shape index (κ3) is 28.6. The molecule has 0 atom stereocenters. The normalized spacial score (nSPS) is 10.1. The third-order valence-electron chi connectivity index (χ3n) is 12.0. The van der Waals surface area contributed by atoms with Gasteiger partial charge >= 0.3 is 47.8 Å². The van der Waals surface area contributed by atoms with E-state index in [0.29, 0.717) is 59.7 Å². The number of methoxy groups -OCH3 is 3. The largest absolute Gasteiger partial charge is 0.497 e. The Balaban J connectivity index is 0.000000318. The molecule has 0 radical (unpaired) electrons. The quantitative estimate of drug-likeness (QED) is 0.0179. The lowest BCUT2D eigenvalue weighted by Gasteiger charge is -2.10. The Hall–Kier alpha value is -7.62. The molecular weight excluding hydrogens is 1500 g/mol. The highest BCUT2D eigenvalue weighted by Crippen LogP contribution is 2.36. The van der Waals surface area contributed by atoms with E-state index >= 15 is 0 Å². The van der Waals surface area contributed by atoms with Gasteiger partial charge in [0.25, 0.3) is 5.69 Å². The highest BCUT2D eigenvalue weighted by Gasteiger charge is 2.21. The molecule has 0 aliphatic carbocycles. The topological polar surface area (TPSA) is 281 Å². The first kappa shape index (κ1) is 77.6. The van der Waals surface area contributed by atoms with E-state index in [1.165, 1.54) is 95.5 Å². The first-order valence-electron chi connectivity index (χ1n) is 27.6. The van der Waals surface area contributed by atoms with Gasteiger partial charge in [-0.2, -0.15) is 0 Å². The molecule has 0 spiro atoms. The van der Waals surface area contributed by atoms with Crippen molar-refractivity contribution in [3.63, 3.8) is 0 Å². The summed E-state index contributed by atoms with van der Waals surface area (Å²) >= 11 is 24.4. The van der Waals surface area contributed by atoms with Crippen molar-refractivity contribution in [1.82, 2.24) is 0 Å². The number of alkyl halides is 2. The zero-order chi connectivity index (χ0) is 67.3. The Morgan fingerprint density at radius 3 is 0.923 bits per heavy atom. The SMILES string of the molecule is CCCCCCCC(=O)OOC(=O)CCCCCCC.COc1c(Br)cc(C(=O)OOC(=O)c2cc(Br)c(OC)c(Br)c2)cc1Br.COc1ccc(C(=O)OOC(=O)c2ccc([N+](=O)[O-])cc2)cc1.O=C(OOC(=O)c1ccc(CCl)cc1)c1ccc(CCl)cc1. The summed E-state index contributed by atoms with van der Waals surface area (Å²) in [4.78, 5) is 140. The number of carbonyl (C=O) groups excluding carboxylic acids is 8. The molecule has 0 amide bonds. The minimum atomic E-state index is -0.943. The van der Waals surface area contributed by atoms with Crippen molar-refractivity contribution in [2.24, 2.45) is 0 Å². The molecule has 6 aromatic rings. The van der Waals surface area contributed by atoms with Crippen LogP contribution in [0.5, 0.6) is 17.2 Å². The fourth-order valence-electron chi connectivity index (χ4n) is 7.09. The highest BCUT2D eigenvalue weighted by atomic mass is 79.9. The second-order valence-corrected chi connectivity index (χ2v) is 22.6. The first-order valence-corrected chi connectivity index (χ1v) is 31.8. The van der Waals surface area contributed by atoms with E-state index in [2.05, 4.69) is 117 Å². The van der Waals surface area contributed by atoms with Gasteiger partial charge in [-0.3, -0.25) is 10.1 Å². The Bertz CT molecular complexity index is 3150. The van der Waals surface area contributed by atoms with Gasteiger partial charge < -0.3 is 14.2 Å². The molecular formula is C63H63Br4Cl2NO21. The summed E-state index contributed by atoms with van der Waals surface area (Å²) < 4.78 is 17.4. The van der Waals surface area contributed by atoms with E-state index in [1.807, 2.05) is 0 Å². The van der Waals surface area contributed by atoms with Crippen LogP contribution in [0.4, 0.5) is 5.69 Å². The second-order valence-electron chi connectivity index (χ2n) is 18.6. The number of unbranched alkanes of at least 4 members (excludes halogenated alkanes) is 8. The zero-order valence-electron chi connectivity index (χ0n) is 49.7. The molecule has 0 unspecified atom stereocenters. The van der Waals surface area contributed by atoms with Crippen molar-refractivity contribution < 1.29 is 96.6 Å². The van der Waals surface area contributed by atoms with E-state index in [-0.39, 0.29) is 39.1 Å². The lowest BCUT2D eigenvalue weighted by molar-refractivity contribution is -0.384. The predicted octanol–water partition coefficient (Wildman–Crippen LogP) is 17.0. The van der Waals surface area contributed by atoms with Crippen LogP contribution in [0.15, 0.2) is 139 Å². The lowest BCUT2D eigenvalue weighted by atomic mass is 10.1. The maximum atomic E-state index is 12.1. The number of nitro benzene ring substituents is 1. The maximum absolute atomic E-state index is 12.1. The number of hydrogen-bond donors (Lipinski definition) is 0. The van der Waals surface area contributed by atoms with Crippen LogP contribution in [0.3, 0.4) is 0 Å². The molecule has 0 N–H and O–H groups in total. The van der Waals surface area contributed by atoms with Crippen LogP contribution in [0.1, 0.15) is 164 Å². The number of non-ortho nitro benzene ring substituents is 1. The Morgan fingerprint density at radius 2 is 0.659 bits per heavy atom. The van der Waals surface area contributed by atoms with E-state index in [0.717, 1.165) is 61.8 Å². The first-order chi connectivity index (χ1) is 43.6. The zero-order valence-corrected chi connectivity index (χ0v) is 57.6. The van der Waals surface area contributed by atoms with Gasteiger partial charge in [-0.25, -0.2) is 77.5 Å². The number of rotatable bonds is 24. The minimum Gasteiger partial charge on any atom is -0.497 e. The third-order valence-corrected chi connectivity index (χ3v) is 15.0. The van der Waals surface area contributed by atoms with Crippen molar-refractivity contribution in [1.29, 1.82) is 0 Å². The minimum absolute atomic E-state index is 0.0122. The smallest absolute Gasteiger partial charge is 0.386 e. The summed E-state index contributed by atoms with van der Waals surface area (Å²) in [5, 5.41) is 10.5. The molecule has 0 heterocycles. The van der Waals surface area contributed by atoms with Gasteiger partial charge in [0.05, 0.1) is 90.4 Å². The lowest BCUT2D eigenvalue weighted by Crippen LogP contribution is -2.12.